The van der Waals surface area contributed by atoms with Crippen LogP contribution in [0.5, 0.6) is 0 Å². The van der Waals surface area contributed by atoms with Crippen molar-refractivity contribution < 1.29 is 0 Å². The normalized spacial score (nSPS) is 11.8. The van der Waals surface area contributed by atoms with Crippen molar-refractivity contribution in [3.05, 3.63) is 76.6 Å². The number of rotatable bonds is 8. The molecular weight excluding hydrogens is 358 g/mol. The minimum absolute atomic E-state index is 0.00608. The first-order valence-corrected chi connectivity index (χ1v) is 10.4. The molecule has 4 nitrogen and oxygen atoms in total. The second-order valence-electron chi connectivity index (χ2n) is 7.25. The maximum absolute atomic E-state index is 13.3. The van der Waals surface area contributed by atoms with Gasteiger partial charge in [-0.1, -0.05) is 93.8 Å². The number of hydrogen-bond acceptors (Lipinski definition) is 3. The fraction of sp³-hybridized carbons (Fsp3) is 0.320. The molecule has 1 heterocycles. The number of nitrogens with zero attached hydrogens (tertiary/aromatic N) is 3. The van der Waals surface area contributed by atoms with Gasteiger partial charge in [-0.25, -0.2) is 4.68 Å². The monoisotopic (exact) mass is 385 g/mol. The van der Waals surface area contributed by atoms with Gasteiger partial charge in [0, 0.05) is 11.1 Å². The molecule has 4 heteroatoms. The van der Waals surface area contributed by atoms with Crippen LogP contribution in [-0.2, 0) is 0 Å². The van der Waals surface area contributed by atoms with Gasteiger partial charge in [0.1, 0.15) is 17.3 Å². The fourth-order valence-electron chi connectivity index (χ4n) is 3.71. The lowest BCUT2D eigenvalue weighted by Gasteiger charge is -2.20. The van der Waals surface area contributed by atoms with Crippen molar-refractivity contribution in [2.45, 2.75) is 52.0 Å². The van der Waals surface area contributed by atoms with Gasteiger partial charge in [0.25, 0.3) is 5.56 Å². The van der Waals surface area contributed by atoms with Gasteiger partial charge in [0.05, 0.1) is 6.04 Å². The van der Waals surface area contributed by atoms with E-state index in [0.717, 1.165) is 43.2 Å². The Labute approximate surface area is 172 Å². The molecule has 0 aliphatic heterocycles. The summed E-state index contributed by atoms with van der Waals surface area (Å²) >= 11 is 0. The molecular formula is C25H27N3O. The topological polar surface area (TPSA) is 58.7 Å². The molecule has 0 spiro atoms. The summed E-state index contributed by atoms with van der Waals surface area (Å²) < 4.78 is 1.56. The first-order chi connectivity index (χ1) is 14.2. The van der Waals surface area contributed by atoms with Gasteiger partial charge in [0.2, 0.25) is 0 Å². The molecule has 1 atom stereocenters. The highest BCUT2D eigenvalue weighted by Gasteiger charge is 2.23. The molecule has 1 unspecified atom stereocenters. The predicted octanol–water partition coefficient (Wildman–Crippen LogP) is 5.98. The van der Waals surface area contributed by atoms with Gasteiger partial charge >= 0.3 is 0 Å². The molecule has 0 bridgehead atoms. The smallest absolute Gasteiger partial charge is 0.266 e. The quantitative estimate of drug-likeness (QED) is 0.448. The van der Waals surface area contributed by atoms with E-state index >= 15 is 0 Å². The third-order valence-electron chi connectivity index (χ3n) is 5.30. The molecule has 0 saturated heterocycles. The van der Waals surface area contributed by atoms with E-state index in [1.54, 1.807) is 4.68 Å². The van der Waals surface area contributed by atoms with Gasteiger partial charge < -0.3 is 0 Å². The van der Waals surface area contributed by atoms with E-state index in [2.05, 4.69) is 19.9 Å². The molecule has 0 aliphatic carbocycles. The number of unbranched alkanes of at least 4 members (excludes halogenated alkanes) is 2. The van der Waals surface area contributed by atoms with E-state index < -0.39 is 0 Å². The Balaban J connectivity index is 2.26. The average molecular weight is 386 g/mol. The van der Waals surface area contributed by atoms with Crippen LogP contribution < -0.4 is 5.56 Å². The molecule has 1 aromatic heterocycles. The zero-order valence-corrected chi connectivity index (χ0v) is 17.1. The summed E-state index contributed by atoms with van der Waals surface area (Å²) in [5.74, 6) is 0. The van der Waals surface area contributed by atoms with Crippen LogP contribution in [0, 0.1) is 11.3 Å². The zero-order valence-electron chi connectivity index (χ0n) is 17.1. The Morgan fingerprint density at radius 3 is 2.14 bits per heavy atom. The fourth-order valence-corrected chi connectivity index (χ4v) is 3.71. The van der Waals surface area contributed by atoms with Crippen LogP contribution in [0.1, 0.15) is 57.6 Å². The largest absolute Gasteiger partial charge is 0.285 e. The van der Waals surface area contributed by atoms with Crippen LogP contribution in [-0.4, -0.2) is 9.78 Å². The molecule has 0 fully saturated rings. The third-order valence-corrected chi connectivity index (χ3v) is 5.30. The Morgan fingerprint density at radius 1 is 0.966 bits per heavy atom. The standard InChI is InChI=1S/C25H27N3O/c1-3-5-8-17-21(4-2)28-25(29)22(18-26)23(19-13-9-6-10-14-19)24(27-28)20-15-11-7-12-16-20/h6-7,9-16,21H,3-5,8,17H2,1-2H3. The Morgan fingerprint density at radius 2 is 1.59 bits per heavy atom. The highest BCUT2D eigenvalue weighted by atomic mass is 16.1. The number of hydrogen-bond donors (Lipinski definition) is 0. The molecule has 3 aromatic rings. The number of nitriles is 1. The van der Waals surface area contributed by atoms with E-state index in [1.165, 1.54) is 0 Å². The van der Waals surface area contributed by atoms with Crippen LogP contribution in [0.15, 0.2) is 65.5 Å². The summed E-state index contributed by atoms with van der Waals surface area (Å²) in [5, 5.41) is 14.8. The summed E-state index contributed by atoms with van der Waals surface area (Å²) in [6.45, 7) is 4.24. The van der Waals surface area contributed by atoms with Crippen molar-refractivity contribution in [1.29, 1.82) is 5.26 Å². The lowest BCUT2D eigenvalue weighted by molar-refractivity contribution is 0.382. The van der Waals surface area contributed by atoms with Crippen molar-refractivity contribution in [2.75, 3.05) is 0 Å². The molecule has 29 heavy (non-hydrogen) atoms. The van der Waals surface area contributed by atoms with E-state index in [4.69, 9.17) is 5.10 Å². The summed E-state index contributed by atoms with van der Waals surface area (Å²) in [6, 6.07) is 21.6. The zero-order chi connectivity index (χ0) is 20.6. The van der Waals surface area contributed by atoms with E-state index in [9.17, 15) is 10.1 Å². The summed E-state index contributed by atoms with van der Waals surface area (Å²) in [7, 11) is 0. The van der Waals surface area contributed by atoms with Gasteiger partial charge in [0.15, 0.2) is 0 Å². The molecule has 0 N–H and O–H groups in total. The predicted molar refractivity (Wildman–Crippen MR) is 118 cm³/mol. The summed E-state index contributed by atoms with van der Waals surface area (Å²) in [5.41, 5.74) is 2.90. The molecule has 0 aliphatic rings. The second kappa shape index (κ2) is 9.84. The lowest BCUT2D eigenvalue weighted by Crippen LogP contribution is -2.30. The minimum atomic E-state index is -0.297. The Kier molecular flexibility index (Phi) is 6.97. The van der Waals surface area contributed by atoms with Crippen LogP contribution >= 0.6 is 0 Å². The van der Waals surface area contributed by atoms with E-state index in [0.29, 0.717) is 11.3 Å². The lowest BCUT2D eigenvalue weighted by atomic mass is 9.95. The number of benzene rings is 2. The van der Waals surface area contributed by atoms with Gasteiger partial charge in [-0.15, -0.1) is 0 Å². The molecule has 2 aromatic carbocycles. The minimum Gasteiger partial charge on any atom is -0.266 e. The van der Waals surface area contributed by atoms with Crippen LogP contribution in [0.25, 0.3) is 22.4 Å². The molecule has 3 rings (SSSR count). The molecule has 0 amide bonds. The highest BCUT2D eigenvalue weighted by Crippen LogP contribution is 2.32. The van der Waals surface area contributed by atoms with E-state index in [1.807, 2.05) is 60.7 Å². The maximum atomic E-state index is 13.3. The highest BCUT2D eigenvalue weighted by molar-refractivity contribution is 5.84. The summed E-state index contributed by atoms with van der Waals surface area (Å²) in [6.07, 6.45) is 5.00. The second-order valence-corrected chi connectivity index (χ2v) is 7.25. The van der Waals surface area contributed by atoms with Crippen LogP contribution in [0.4, 0.5) is 0 Å². The number of aromatic nitrogens is 2. The van der Waals surface area contributed by atoms with Crippen molar-refractivity contribution in [3.8, 4) is 28.5 Å². The maximum Gasteiger partial charge on any atom is 0.285 e. The van der Waals surface area contributed by atoms with Crippen LogP contribution in [0.2, 0.25) is 0 Å². The Bertz CT molecular complexity index is 1030. The van der Waals surface area contributed by atoms with E-state index in [-0.39, 0.29) is 17.2 Å². The van der Waals surface area contributed by atoms with Crippen molar-refractivity contribution in [1.82, 2.24) is 9.78 Å². The Hall–Kier alpha value is -3.19. The first kappa shape index (κ1) is 20.5. The van der Waals surface area contributed by atoms with Crippen molar-refractivity contribution in [3.63, 3.8) is 0 Å². The van der Waals surface area contributed by atoms with Gasteiger partial charge in [-0.2, -0.15) is 10.4 Å². The molecule has 148 valence electrons. The SMILES string of the molecule is CCCCCC(CC)n1nc(-c2ccccc2)c(-c2ccccc2)c(C#N)c1=O. The van der Waals surface area contributed by atoms with Crippen LogP contribution in [0.3, 0.4) is 0 Å². The van der Waals surface area contributed by atoms with Crippen molar-refractivity contribution >= 4 is 0 Å². The third kappa shape index (κ3) is 4.46. The summed E-state index contributed by atoms with van der Waals surface area (Å²) in [4.78, 5) is 13.3. The first-order valence-electron chi connectivity index (χ1n) is 10.4. The molecule has 0 radical (unpaired) electrons. The average Bonchev–Trinajstić information content (AvgIpc) is 2.78. The van der Waals surface area contributed by atoms with Gasteiger partial charge in [-0.05, 0) is 18.4 Å². The molecule has 0 saturated carbocycles. The van der Waals surface area contributed by atoms with Gasteiger partial charge in [-0.3, -0.25) is 4.79 Å². The van der Waals surface area contributed by atoms with Crippen molar-refractivity contribution in [2.24, 2.45) is 0 Å².